The van der Waals surface area contributed by atoms with E-state index in [2.05, 4.69) is 151 Å². The predicted molar refractivity (Wildman–Crippen MR) is 205 cm³/mol. The Morgan fingerprint density at radius 3 is 1.12 bits per heavy atom. The number of hydrogen-bond donors (Lipinski definition) is 0. The van der Waals surface area contributed by atoms with E-state index in [4.69, 9.17) is 15.0 Å². The number of pyridine rings is 1. The van der Waals surface area contributed by atoms with Gasteiger partial charge in [-0.15, -0.1) is 0 Å². The van der Waals surface area contributed by atoms with Crippen molar-refractivity contribution in [3.63, 3.8) is 0 Å². The summed E-state index contributed by atoms with van der Waals surface area (Å²) in [6.45, 7) is 4.07. The largest absolute Gasteiger partial charge is 0.258 e. The van der Waals surface area contributed by atoms with Crippen molar-refractivity contribution in [2.75, 3.05) is 0 Å². The Kier molecular flexibility index (Phi) is 8.34. The van der Waals surface area contributed by atoms with Crippen LogP contribution in [0.5, 0.6) is 0 Å². The first-order valence-electron chi connectivity index (χ1n) is 16.8. The Morgan fingerprint density at radius 1 is 0.280 bits per heavy atom. The SMILES string of the molecule is Cc1ccc(-c2ccc(-c3nc(-c4ccccc4)nc(-c4ccc(-c5c(-c6ccccc6)cccc5-c5ccccc5)cc4)n3)cc2)c(C)n1. The molecule has 0 saturated carbocycles. The van der Waals surface area contributed by atoms with Gasteiger partial charge in [0.25, 0.3) is 0 Å². The highest BCUT2D eigenvalue weighted by molar-refractivity contribution is 5.94. The molecule has 2 aromatic heterocycles. The molecule has 238 valence electrons. The van der Waals surface area contributed by atoms with Crippen molar-refractivity contribution < 1.29 is 0 Å². The minimum atomic E-state index is 0.627. The lowest BCUT2D eigenvalue weighted by molar-refractivity contribution is 1.07. The maximum absolute atomic E-state index is 5.03. The van der Waals surface area contributed by atoms with Crippen molar-refractivity contribution in [2.24, 2.45) is 0 Å². The van der Waals surface area contributed by atoms with Crippen LogP contribution >= 0.6 is 0 Å². The van der Waals surface area contributed by atoms with Gasteiger partial charge in [-0.25, -0.2) is 15.0 Å². The summed E-state index contributed by atoms with van der Waals surface area (Å²) in [6.07, 6.45) is 0. The van der Waals surface area contributed by atoms with Crippen LogP contribution in [0.1, 0.15) is 11.4 Å². The van der Waals surface area contributed by atoms with E-state index in [-0.39, 0.29) is 0 Å². The van der Waals surface area contributed by atoms with Crippen LogP contribution in [0.2, 0.25) is 0 Å². The quantitative estimate of drug-likeness (QED) is 0.174. The van der Waals surface area contributed by atoms with Gasteiger partial charge in [-0.05, 0) is 58.9 Å². The first-order valence-corrected chi connectivity index (χ1v) is 16.8. The number of aromatic nitrogens is 4. The maximum atomic E-state index is 5.03. The molecule has 0 bridgehead atoms. The molecule has 0 amide bonds. The Labute approximate surface area is 292 Å². The summed E-state index contributed by atoms with van der Waals surface area (Å²) in [7, 11) is 0. The molecule has 0 unspecified atom stereocenters. The number of hydrogen-bond acceptors (Lipinski definition) is 4. The Hall–Kier alpha value is -6.52. The minimum Gasteiger partial charge on any atom is -0.258 e. The highest BCUT2D eigenvalue weighted by Crippen LogP contribution is 2.40. The molecule has 8 rings (SSSR count). The van der Waals surface area contributed by atoms with E-state index >= 15 is 0 Å². The van der Waals surface area contributed by atoms with Gasteiger partial charge in [0.05, 0.1) is 0 Å². The molecule has 6 aromatic carbocycles. The molecule has 0 aliphatic carbocycles. The van der Waals surface area contributed by atoms with E-state index in [0.717, 1.165) is 44.8 Å². The van der Waals surface area contributed by atoms with E-state index in [1.54, 1.807) is 0 Å². The van der Waals surface area contributed by atoms with E-state index < -0.39 is 0 Å². The standard InChI is InChI=1S/C46H34N4/c1-31-21-30-40(32(2)47-31)35-22-26-38(27-23-35)45-48-44(37-17-10-5-11-18-37)49-46(50-45)39-28-24-36(25-29-39)43-41(33-13-6-3-7-14-33)19-12-20-42(43)34-15-8-4-9-16-34/h3-30H,1-2H3. The second-order valence-corrected chi connectivity index (χ2v) is 12.4. The van der Waals surface area contributed by atoms with Crippen molar-refractivity contribution in [1.29, 1.82) is 0 Å². The average molecular weight is 643 g/mol. The molecule has 50 heavy (non-hydrogen) atoms. The molecule has 4 heteroatoms. The maximum Gasteiger partial charge on any atom is 0.164 e. The number of nitrogens with zero attached hydrogens (tertiary/aromatic N) is 4. The van der Waals surface area contributed by atoms with Crippen LogP contribution in [0, 0.1) is 13.8 Å². The third-order valence-electron chi connectivity index (χ3n) is 9.01. The van der Waals surface area contributed by atoms with Crippen molar-refractivity contribution in [3.05, 3.63) is 181 Å². The summed E-state index contributed by atoms with van der Waals surface area (Å²) in [5.41, 5.74) is 14.1. The Balaban J connectivity index is 1.22. The van der Waals surface area contributed by atoms with Gasteiger partial charge in [0.15, 0.2) is 17.5 Å². The van der Waals surface area contributed by atoms with Crippen LogP contribution < -0.4 is 0 Å². The number of benzene rings is 6. The van der Waals surface area contributed by atoms with Crippen LogP contribution in [0.3, 0.4) is 0 Å². The molecule has 0 fully saturated rings. The molecule has 0 saturated heterocycles. The molecule has 2 heterocycles. The molecule has 0 N–H and O–H groups in total. The fourth-order valence-corrected chi connectivity index (χ4v) is 6.51. The van der Waals surface area contributed by atoms with Crippen LogP contribution in [-0.4, -0.2) is 19.9 Å². The highest BCUT2D eigenvalue weighted by Gasteiger charge is 2.16. The highest BCUT2D eigenvalue weighted by atomic mass is 15.0. The smallest absolute Gasteiger partial charge is 0.164 e. The van der Waals surface area contributed by atoms with Gasteiger partial charge >= 0.3 is 0 Å². The van der Waals surface area contributed by atoms with Gasteiger partial charge in [0, 0.05) is 33.6 Å². The van der Waals surface area contributed by atoms with Crippen molar-refractivity contribution >= 4 is 0 Å². The molecular formula is C46H34N4. The first-order chi connectivity index (χ1) is 24.6. The molecule has 8 aromatic rings. The topological polar surface area (TPSA) is 51.6 Å². The van der Waals surface area contributed by atoms with E-state index in [9.17, 15) is 0 Å². The molecule has 0 aliphatic heterocycles. The van der Waals surface area contributed by atoms with Crippen LogP contribution in [-0.2, 0) is 0 Å². The average Bonchev–Trinajstić information content (AvgIpc) is 3.19. The van der Waals surface area contributed by atoms with Crippen LogP contribution in [0.15, 0.2) is 170 Å². The summed E-state index contributed by atoms with van der Waals surface area (Å²) in [5.74, 6) is 1.89. The summed E-state index contributed by atoms with van der Waals surface area (Å²) in [4.78, 5) is 19.6. The lowest BCUT2D eigenvalue weighted by atomic mass is 9.87. The summed E-state index contributed by atoms with van der Waals surface area (Å²) < 4.78 is 0. The molecule has 0 radical (unpaired) electrons. The number of rotatable bonds is 7. The molecule has 4 nitrogen and oxygen atoms in total. The second-order valence-electron chi connectivity index (χ2n) is 12.4. The molecule has 0 aliphatic rings. The fourth-order valence-electron chi connectivity index (χ4n) is 6.51. The van der Waals surface area contributed by atoms with E-state index in [1.807, 2.05) is 37.3 Å². The predicted octanol–water partition coefficient (Wildman–Crippen LogP) is 11.6. The lowest BCUT2D eigenvalue weighted by Gasteiger charge is -2.17. The van der Waals surface area contributed by atoms with Gasteiger partial charge in [-0.1, -0.05) is 164 Å². The third-order valence-corrected chi connectivity index (χ3v) is 9.01. The van der Waals surface area contributed by atoms with Crippen LogP contribution in [0.4, 0.5) is 0 Å². The van der Waals surface area contributed by atoms with Gasteiger partial charge in [0.1, 0.15) is 0 Å². The number of aryl methyl sites for hydroxylation is 2. The third kappa shape index (κ3) is 6.23. The van der Waals surface area contributed by atoms with Crippen molar-refractivity contribution in [3.8, 4) is 78.7 Å². The summed E-state index contributed by atoms with van der Waals surface area (Å²) in [5, 5.41) is 0. The Bertz CT molecular complexity index is 2350. The van der Waals surface area contributed by atoms with Gasteiger partial charge in [0.2, 0.25) is 0 Å². The fraction of sp³-hybridized carbons (Fsp3) is 0.0435. The molecule has 0 spiro atoms. The zero-order chi connectivity index (χ0) is 33.9. The van der Waals surface area contributed by atoms with Gasteiger partial charge < -0.3 is 0 Å². The summed E-state index contributed by atoms with van der Waals surface area (Å²) in [6, 6.07) is 59.0. The van der Waals surface area contributed by atoms with E-state index in [0.29, 0.717) is 17.5 Å². The van der Waals surface area contributed by atoms with Crippen LogP contribution in [0.25, 0.3) is 78.7 Å². The second kappa shape index (κ2) is 13.5. The summed E-state index contributed by atoms with van der Waals surface area (Å²) >= 11 is 0. The van der Waals surface area contributed by atoms with Gasteiger partial charge in [-0.3, -0.25) is 4.98 Å². The first kappa shape index (κ1) is 30.8. The lowest BCUT2D eigenvalue weighted by Crippen LogP contribution is -2.00. The minimum absolute atomic E-state index is 0.627. The zero-order valence-corrected chi connectivity index (χ0v) is 28.0. The normalized spacial score (nSPS) is 11.0. The zero-order valence-electron chi connectivity index (χ0n) is 28.0. The van der Waals surface area contributed by atoms with Crippen molar-refractivity contribution in [2.45, 2.75) is 13.8 Å². The molecule has 0 atom stereocenters. The van der Waals surface area contributed by atoms with Crippen molar-refractivity contribution in [1.82, 2.24) is 19.9 Å². The molecular weight excluding hydrogens is 609 g/mol. The Morgan fingerprint density at radius 2 is 0.660 bits per heavy atom. The van der Waals surface area contributed by atoms with E-state index in [1.165, 1.54) is 27.8 Å². The monoisotopic (exact) mass is 642 g/mol. The van der Waals surface area contributed by atoms with Gasteiger partial charge in [-0.2, -0.15) is 0 Å².